The van der Waals surface area contributed by atoms with E-state index in [1.54, 1.807) is 18.2 Å². The first-order valence-corrected chi connectivity index (χ1v) is 7.82. The Labute approximate surface area is 152 Å². The molecule has 2 aromatic carbocycles. The van der Waals surface area contributed by atoms with Gasteiger partial charge in [-0.3, -0.25) is 9.59 Å². The first-order valence-electron chi connectivity index (χ1n) is 7.44. The molecule has 4 N–H and O–H groups in total. The van der Waals surface area contributed by atoms with E-state index in [1.807, 2.05) is 6.07 Å². The molecule has 0 heterocycles. The molecule has 0 fully saturated rings. The predicted molar refractivity (Wildman–Crippen MR) is 91.3 cm³/mol. The minimum absolute atomic E-state index is 0.0779. The molecule has 5 nitrogen and oxygen atoms in total. The maximum atomic E-state index is 12.8. The van der Waals surface area contributed by atoms with Crippen LogP contribution in [0.5, 0.6) is 0 Å². The number of alkyl halides is 3. The zero-order chi connectivity index (χ0) is 19.3. The topological polar surface area (TPSA) is 84.2 Å². The summed E-state index contributed by atoms with van der Waals surface area (Å²) in [5.74, 6) is -2.07. The van der Waals surface area contributed by atoms with Crippen LogP contribution in [0.15, 0.2) is 42.5 Å². The van der Waals surface area contributed by atoms with Gasteiger partial charge in [-0.2, -0.15) is 13.2 Å². The van der Waals surface area contributed by atoms with Crippen molar-refractivity contribution >= 4 is 29.1 Å². The smallest absolute Gasteiger partial charge is 0.344 e. The molecule has 0 atom stereocenters. The van der Waals surface area contributed by atoms with Gasteiger partial charge in [-0.15, -0.1) is 0 Å². The van der Waals surface area contributed by atoms with Crippen LogP contribution in [-0.4, -0.2) is 11.8 Å². The Hall–Kier alpha value is -2.58. The molecule has 2 rings (SSSR count). The summed E-state index contributed by atoms with van der Waals surface area (Å²) in [4.78, 5) is 23.7. The van der Waals surface area contributed by atoms with Gasteiger partial charge in [0, 0.05) is 18.8 Å². The zero-order valence-electron chi connectivity index (χ0n) is 13.4. The summed E-state index contributed by atoms with van der Waals surface area (Å²) in [6.45, 7) is 0.412. The van der Waals surface area contributed by atoms with Crippen LogP contribution in [0.25, 0.3) is 0 Å². The molecule has 0 aromatic heterocycles. The Kier molecular flexibility index (Phi) is 6.23. The van der Waals surface area contributed by atoms with E-state index in [4.69, 9.17) is 17.3 Å². The number of benzene rings is 2. The number of nitrogens with two attached hydrogens (primary N) is 1. The number of hydrogen-bond acceptors (Lipinski definition) is 3. The van der Waals surface area contributed by atoms with Crippen LogP contribution in [0.2, 0.25) is 5.02 Å². The molecule has 0 spiro atoms. The van der Waals surface area contributed by atoms with Crippen molar-refractivity contribution in [1.82, 2.24) is 5.32 Å². The molecule has 9 heteroatoms. The number of hydrogen-bond donors (Lipinski definition) is 3. The summed E-state index contributed by atoms with van der Waals surface area (Å²) in [7, 11) is 0. The van der Waals surface area contributed by atoms with Gasteiger partial charge in [0.2, 0.25) is 0 Å². The highest BCUT2D eigenvalue weighted by molar-refractivity contribution is 6.39. The molecule has 2 amide bonds. The van der Waals surface area contributed by atoms with Crippen molar-refractivity contribution in [3.8, 4) is 0 Å². The Morgan fingerprint density at radius 3 is 2.38 bits per heavy atom. The zero-order valence-corrected chi connectivity index (χ0v) is 14.1. The molecule has 138 valence electrons. The molecule has 0 aliphatic carbocycles. The summed E-state index contributed by atoms with van der Waals surface area (Å²) < 4.78 is 38.4. The van der Waals surface area contributed by atoms with Crippen molar-refractivity contribution in [1.29, 1.82) is 0 Å². The summed E-state index contributed by atoms with van der Waals surface area (Å²) in [5, 5.41) is 4.00. The van der Waals surface area contributed by atoms with Crippen LogP contribution in [-0.2, 0) is 28.9 Å². The summed E-state index contributed by atoms with van der Waals surface area (Å²) in [5.41, 5.74) is 5.83. The normalized spacial score (nSPS) is 11.1. The maximum Gasteiger partial charge on any atom is 0.417 e. The van der Waals surface area contributed by atoms with E-state index < -0.39 is 28.6 Å². The molecule has 0 saturated carbocycles. The fraction of sp³-hybridized carbons (Fsp3) is 0.176. The average molecular weight is 386 g/mol. The lowest BCUT2D eigenvalue weighted by molar-refractivity contribution is -0.137. The molecule has 0 aliphatic rings. The largest absolute Gasteiger partial charge is 0.417 e. The molecule has 0 saturated heterocycles. The molecular formula is C17H15ClF3N3O2. The standard InChI is InChI=1S/C17H15ClF3N3O2/c18-14-5-4-12(7-13(14)17(19,20)21)24-16(26)15(25)23-9-11-3-1-2-10(6-11)8-22/h1-7H,8-9,22H2,(H,23,25)(H,24,26). The molecule has 2 aromatic rings. The van der Waals surface area contributed by atoms with Gasteiger partial charge in [0.1, 0.15) is 0 Å². The highest BCUT2D eigenvalue weighted by atomic mass is 35.5. The van der Waals surface area contributed by atoms with Gasteiger partial charge in [-0.05, 0) is 29.3 Å². The van der Waals surface area contributed by atoms with Crippen molar-refractivity contribution in [3.05, 3.63) is 64.2 Å². The van der Waals surface area contributed by atoms with Crippen molar-refractivity contribution in [2.45, 2.75) is 19.3 Å². The predicted octanol–water partition coefficient (Wildman–Crippen LogP) is 3.07. The van der Waals surface area contributed by atoms with Crippen molar-refractivity contribution in [3.63, 3.8) is 0 Å². The van der Waals surface area contributed by atoms with E-state index >= 15 is 0 Å². The lowest BCUT2D eigenvalue weighted by Gasteiger charge is -2.12. The van der Waals surface area contributed by atoms with E-state index in [9.17, 15) is 22.8 Å². The van der Waals surface area contributed by atoms with Gasteiger partial charge >= 0.3 is 18.0 Å². The third-order valence-corrected chi connectivity index (χ3v) is 3.75. The van der Waals surface area contributed by atoms with Crippen LogP contribution in [0.1, 0.15) is 16.7 Å². The van der Waals surface area contributed by atoms with Crippen molar-refractivity contribution < 1.29 is 22.8 Å². The van der Waals surface area contributed by atoms with E-state index in [0.29, 0.717) is 12.6 Å². The van der Waals surface area contributed by atoms with Gasteiger partial charge in [0.05, 0.1) is 10.6 Å². The fourth-order valence-electron chi connectivity index (χ4n) is 2.14. The molecule has 0 radical (unpaired) electrons. The minimum Gasteiger partial charge on any atom is -0.344 e. The van der Waals surface area contributed by atoms with Crippen molar-refractivity contribution in [2.75, 3.05) is 5.32 Å². The maximum absolute atomic E-state index is 12.8. The van der Waals surface area contributed by atoms with E-state index in [-0.39, 0.29) is 12.2 Å². The average Bonchev–Trinajstić information content (AvgIpc) is 2.60. The fourth-order valence-corrected chi connectivity index (χ4v) is 2.36. The molecule has 0 bridgehead atoms. The lowest BCUT2D eigenvalue weighted by atomic mass is 10.1. The number of carbonyl (C=O) groups is 2. The first kappa shape index (κ1) is 19.7. The third-order valence-electron chi connectivity index (χ3n) is 3.42. The third kappa shape index (κ3) is 5.21. The second-order valence-electron chi connectivity index (χ2n) is 5.35. The Bertz CT molecular complexity index is 825. The van der Waals surface area contributed by atoms with Gasteiger partial charge in [-0.25, -0.2) is 0 Å². The Balaban J connectivity index is 2.00. The molecular weight excluding hydrogens is 371 g/mol. The summed E-state index contributed by atoms with van der Waals surface area (Å²) >= 11 is 5.50. The number of anilines is 1. The SMILES string of the molecule is NCc1cccc(CNC(=O)C(=O)Nc2ccc(Cl)c(C(F)(F)F)c2)c1. The van der Waals surface area contributed by atoms with Crippen LogP contribution < -0.4 is 16.4 Å². The second-order valence-corrected chi connectivity index (χ2v) is 5.76. The van der Waals surface area contributed by atoms with Gasteiger partial charge < -0.3 is 16.4 Å². The van der Waals surface area contributed by atoms with Crippen LogP contribution in [0.4, 0.5) is 18.9 Å². The van der Waals surface area contributed by atoms with Crippen LogP contribution in [0.3, 0.4) is 0 Å². The number of rotatable bonds is 4. The van der Waals surface area contributed by atoms with E-state index in [0.717, 1.165) is 17.2 Å². The molecule has 0 unspecified atom stereocenters. The van der Waals surface area contributed by atoms with E-state index in [1.165, 1.54) is 6.07 Å². The van der Waals surface area contributed by atoms with E-state index in [2.05, 4.69) is 10.6 Å². The molecule has 26 heavy (non-hydrogen) atoms. The van der Waals surface area contributed by atoms with Crippen LogP contribution in [0, 0.1) is 0 Å². The van der Waals surface area contributed by atoms with Crippen LogP contribution >= 0.6 is 11.6 Å². The lowest BCUT2D eigenvalue weighted by Crippen LogP contribution is -2.35. The summed E-state index contributed by atoms with van der Waals surface area (Å²) in [6.07, 6.45) is -4.67. The highest BCUT2D eigenvalue weighted by Crippen LogP contribution is 2.36. The Morgan fingerprint density at radius 1 is 1.04 bits per heavy atom. The van der Waals surface area contributed by atoms with Gasteiger partial charge in [0.25, 0.3) is 0 Å². The monoisotopic (exact) mass is 385 g/mol. The van der Waals surface area contributed by atoms with Gasteiger partial charge in [0.15, 0.2) is 0 Å². The quantitative estimate of drug-likeness (QED) is 0.707. The second kappa shape index (κ2) is 8.20. The number of nitrogens with one attached hydrogen (secondary N) is 2. The number of halogens is 4. The number of amides is 2. The highest BCUT2D eigenvalue weighted by Gasteiger charge is 2.33. The van der Waals surface area contributed by atoms with Gasteiger partial charge in [-0.1, -0.05) is 35.9 Å². The van der Waals surface area contributed by atoms with Crippen molar-refractivity contribution in [2.24, 2.45) is 5.73 Å². The number of carbonyl (C=O) groups excluding carboxylic acids is 2. The minimum atomic E-state index is -4.67. The first-order chi connectivity index (χ1) is 12.2. The molecule has 0 aliphatic heterocycles. The summed E-state index contributed by atoms with van der Waals surface area (Å²) in [6, 6.07) is 9.92. The Morgan fingerprint density at radius 2 is 1.73 bits per heavy atom.